The lowest BCUT2D eigenvalue weighted by atomic mass is 9.94. The molecule has 136 valence electrons. The Bertz CT molecular complexity index is 851. The smallest absolute Gasteiger partial charge is 0.262 e. The van der Waals surface area contributed by atoms with Crippen molar-refractivity contribution in [3.8, 4) is 11.5 Å². The number of para-hydroxylation sites is 1. The zero-order valence-corrected chi connectivity index (χ0v) is 14.5. The average molecular weight is 358 g/mol. The minimum Gasteiger partial charge on any atom is -0.490 e. The van der Waals surface area contributed by atoms with E-state index in [0.29, 0.717) is 17.1 Å². The van der Waals surface area contributed by atoms with Gasteiger partial charge in [-0.05, 0) is 44.2 Å². The van der Waals surface area contributed by atoms with Gasteiger partial charge < -0.3 is 20.1 Å². The lowest BCUT2D eigenvalue weighted by Crippen LogP contribution is -2.33. The average Bonchev–Trinajstić information content (AvgIpc) is 2.70. The molecule has 2 N–H and O–H groups in total. The Kier molecular flexibility index (Phi) is 4.79. The topological polar surface area (TPSA) is 76.7 Å². The Morgan fingerprint density at radius 3 is 2.85 bits per heavy atom. The first-order valence-corrected chi connectivity index (χ1v) is 8.11. The van der Waals surface area contributed by atoms with Crippen LogP contribution in [-0.4, -0.2) is 25.0 Å². The molecule has 26 heavy (non-hydrogen) atoms. The summed E-state index contributed by atoms with van der Waals surface area (Å²) in [5, 5.41) is 5.44. The molecule has 0 unspecified atom stereocenters. The second-order valence-corrected chi connectivity index (χ2v) is 6.60. The van der Waals surface area contributed by atoms with E-state index in [4.69, 9.17) is 9.47 Å². The number of anilines is 2. The molecular formula is C19H19FN2O4. The lowest BCUT2D eigenvalue weighted by Gasteiger charge is -2.18. The molecule has 0 fully saturated rings. The van der Waals surface area contributed by atoms with Gasteiger partial charge in [0.15, 0.2) is 18.2 Å². The van der Waals surface area contributed by atoms with Gasteiger partial charge in [0.25, 0.3) is 5.91 Å². The maximum atomic E-state index is 13.5. The van der Waals surface area contributed by atoms with Gasteiger partial charge in [0.05, 0.1) is 11.1 Å². The van der Waals surface area contributed by atoms with E-state index < -0.39 is 17.1 Å². The normalized spacial score (nSPS) is 15.1. The van der Waals surface area contributed by atoms with E-state index in [1.165, 1.54) is 18.2 Å². The molecule has 0 saturated carbocycles. The first-order chi connectivity index (χ1) is 12.3. The fourth-order valence-corrected chi connectivity index (χ4v) is 2.35. The quantitative estimate of drug-likeness (QED) is 0.880. The summed E-state index contributed by atoms with van der Waals surface area (Å²) in [5.41, 5.74) is 0.290. The predicted molar refractivity (Wildman–Crippen MR) is 94.9 cm³/mol. The van der Waals surface area contributed by atoms with Crippen LogP contribution in [0.1, 0.15) is 13.8 Å². The fraction of sp³-hybridized carbons (Fsp3) is 0.263. The molecule has 1 aliphatic rings. The van der Waals surface area contributed by atoms with Crippen molar-refractivity contribution in [2.24, 2.45) is 5.41 Å². The largest absolute Gasteiger partial charge is 0.490 e. The summed E-state index contributed by atoms with van der Waals surface area (Å²) in [6.07, 6.45) is 0. The highest BCUT2D eigenvalue weighted by atomic mass is 19.1. The fourth-order valence-electron chi connectivity index (χ4n) is 2.35. The van der Waals surface area contributed by atoms with Gasteiger partial charge in [-0.2, -0.15) is 0 Å². The van der Waals surface area contributed by atoms with Gasteiger partial charge in [-0.1, -0.05) is 12.1 Å². The molecule has 0 spiro atoms. The van der Waals surface area contributed by atoms with E-state index in [-0.39, 0.29) is 24.9 Å². The second-order valence-electron chi connectivity index (χ2n) is 6.60. The Labute approximate surface area is 150 Å². The maximum absolute atomic E-state index is 13.5. The van der Waals surface area contributed by atoms with E-state index >= 15 is 0 Å². The van der Waals surface area contributed by atoms with Crippen LogP contribution in [0, 0.1) is 11.2 Å². The molecule has 0 saturated heterocycles. The number of benzene rings is 2. The van der Waals surface area contributed by atoms with Gasteiger partial charge in [-0.15, -0.1) is 0 Å². The van der Waals surface area contributed by atoms with Crippen LogP contribution >= 0.6 is 0 Å². The highest BCUT2D eigenvalue weighted by molar-refractivity contribution is 5.98. The predicted octanol–water partition coefficient (Wildman–Crippen LogP) is 3.20. The standard InChI is InChI=1S/C19H19FN2O4/c1-19(2)11-26-16-8-7-12(9-14(16)22-18(19)24)21-17(23)10-25-15-6-4-3-5-13(15)20/h3-9H,10-11H2,1-2H3,(H,21,23)(H,22,24). The lowest BCUT2D eigenvalue weighted by molar-refractivity contribution is -0.125. The molecule has 1 aliphatic heterocycles. The second kappa shape index (κ2) is 7.03. The molecule has 0 bridgehead atoms. The van der Waals surface area contributed by atoms with E-state index in [1.54, 1.807) is 38.1 Å². The van der Waals surface area contributed by atoms with Gasteiger partial charge >= 0.3 is 0 Å². The molecule has 6 nitrogen and oxygen atoms in total. The number of carbonyl (C=O) groups excluding carboxylic acids is 2. The number of hydrogen-bond acceptors (Lipinski definition) is 4. The SMILES string of the molecule is CC1(C)COc2ccc(NC(=O)COc3ccccc3F)cc2NC1=O. The van der Waals surface area contributed by atoms with Crippen molar-refractivity contribution in [2.45, 2.75) is 13.8 Å². The van der Waals surface area contributed by atoms with Crippen LogP contribution in [0.25, 0.3) is 0 Å². The molecule has 1 heterocycles. The summed E-state index contributed by atoms with van der Waals surface area (Å²) < 4.78 is 24.3. The zero-order valence-electron chi connectivity index (χ0n) is 14.5. The highest BCUT2D eigenvalue weighted by Crippen LogP contribution is 2.34. The van der Waals surface area contributed by atoms with Crippen molar-refractivity contribution in [2.75, 3.05) is 23.8 Å². The molecule has 2 amide bonds. The molecule has 0 atom stereocenters. The number of fused-ring (bicyclic) bond motifs is 1. The summed E-state index contributed by atoms with van der Waals surface area (Å²) >= 11 is 0. The Morgan fingerprint density at radius 1 is 1.31 bits per heavy atom. The van der Waals surface area contributed by atoms with E-state index in [9.17, 15) is 14.0 Å². The number of rotatable bonds is 4. The summed E-state index contributed by atoms with van der Waals surface area (Å²) in [4.78, 5) is 24.2. The van der Waals surface area contributed by atoms with Crippen LogP contribution in [0.2, 0.25) is 0 Å². The third kappa shape index (κ3) is 3.93. The molecule has 3 rings (SSSR count). The van der Waals surface area contributed by atoms with Crippen molar-refractivity contribution in [1.82, 2.24) is 0 Å². The first-order valence-electron chi connectivity index (χ1n) is 8.11. The Balaban J connectivity index is 1.65. The molecule has 0 aliphatic carbocycles. The number of amides is 2. The van der Waals surface area contributed by atoms with Gasteiger partial charge in [-0.25, -0.2) is 4.39 Å². The number of halogens is 1. The summed E-state index contributed by atoms with van der Waals surface area (Å²) in [6.45, 7) is 3.50. The van der Waals surface area contributed by atoms with Crippen molar-refractivity contribution in [3.05, 3.63) is 48.3 Å². The number of nitrogens with one attached hydrogen (secondary N) is 2. The summed E-state index contributed by atoms with van der Waals surface area (Å²) in [6, 6.07) is 10.8. The minimum absolute atomic E-state index is 0.00692. The van der Waals surface area contributed by atoms with E-state index in [1.807, 2.05) is 0 Å². The van der Waals surface area contributed by atoms with E-state index in [0.717, 1.165) is 0 Å². The molecule has 0 aromatic heterocycles. The van der Waals surface area contributed by atoms with Crippen LogP contribution in [0.5, 0.6) is 11.5 Å². The van der Waals surface area contributed by atoms with Crippen LogP contribution in [0.15, 0.2) is 42.5 Å². The van der Waals surface area contributed by atoms with Gasteiger partial charge in [0.2, 0.25) is 5.91 Å². The monoisotopic (exact) mass is 358 g/mol. The van der Waals surface area contributed by atoms with Crippen LogP contribution in [0.4, 0.5) is 15.8 Å². The molecule has 2 aromatic rings. The van der Waals surface area contributed by atoms with Crippen molar-refractivity contribution >= 4 is 23.2 Å². The van der Waals surface area contributed by atoms with Crippen molar-refractivity contribution in [3.63, 3.8) is 0 Å². The van der Waals surface area contributed by atoms with Crippen molar-refractivity contribution in [1.29, 1.82) is 0 Å². The van der Waals surface area contributed by atoms with Gasteiger partial charge in [0, 0.05) is 5.69 Å². The Hall–Kier alpha value is -3.09. The minimum atomic E-state index is -0.657. The maximum Gasteiger partial charge on any atom is 0.262 e. The number of carbonyl (C=O) groups is 2. The molecule has 0 radical (unpaired) electrons. The van der Waals surface area contributed by atoms with E-state index in [2.05, 4.69) is 10.6 Å². The summed E-state index contributed by atoms with van der Waals surface area (Å²) in [5.74, 6) is -0.609. The third-order valence-corrected chi connectivity index (χ3v) is 3.91. The number of hydrogen-bond donors (Lipinski definition) is 2. The Morgan fingerprint density at radius 2 is 2.08 bits per heavy atom. The zero-order chi connectivity index (χ0) is 18.7. The molecule has 7 heteroatoms. The molecular weight excluding hydrogens is 339 g/mol. The number of ether oxygens (including phenoxy) is 2. The first kappa shape index (κ1) is 17.7. The van der Waals surface area contributed by atoms with Crippen LogP contribution in [0.3, 0.4) is 0 Å². The van der Waals surface area contributed by atoms with Gasteiger partial charge in [-0.3, -0.25) is 9.59 Å². The summed E-state index contributed by atoms with van der Waals surface area (Å²) in [7, 11) is 0. The van der Waals surface area contributed by atoms with Gasteiger partial charge in [0.1, 0.15) is 12.4 Å². The molecule has 2 aromatic carbocycles. The highest BCUT2D eigenvalue weighted by Gasteiger charge is 2.32. The third-order valence-electron chi connectivity index (χ3n) is 3.91. The van der Waals surface area contributed by atoms with Crippen LogP contribution < -0.4 is 20.1 Å². The van der Waals surface area contributed by atoms with Crippen molar-refractivity contribution < 1.29 is 23.5 Å². The van der Waals surface area contributed by atoms with Crippen LogP contribution in [-0.2, 0) is 9.59 Å².